The quantitative estimate of drug-likeness (QED) is 0.454. The van der Waals surface area contributed by atoms with Crippen LogP contribution in [0.4, 0.5) is 0 Å². The lowest BCUT2D eigenvalue weighted by Gasteiger charge is -2.17. The third-order valence-corrected chi connectivity index (χ3v) is 1.51. The molecule has 0 aromatic rings. The van der Waals surface area contributed by atoms with Crippen molar-refractivity contribution in [2.24, 2.45) is 5.92 Å². The third-order valence-electron chi connectivity index (χ3n) is 1.51. The summed E-state index contributed by atoms with van der Waals surface area (Å²) < 4.78 is 0. The molecule has 1 amide bonds. The molecule has 0 heterocycles. The van der Waals surface area contributed by atoms with E-state index in [1.807, 2.05) is 6.08 Å². The predicted molar refractivity (Wildman–Crippen MR) is 42.6 cm³/mol. The average molecular weight is 141 g/mol. The summed E-state index contributed by atoms with van der Waals surface area (Å²) in [4.78, 5) is 10.0. The van der Waals surface area contributed by atoms with Gasteiger partial charge in [-0.3, -0.25) is 4.79 Å². The summed E-state index contributed by atoms with van der Waals surface area (Å²) in [5, 5.41) is 2.73. The molecule has 0 spiro atoms. The van der Waals surface area contributed by atoms with E-state index in [1.54, 1.807) is 0 Å². The van der Waals surface area contributed by atoms with Gasteiger partial charge in [-0.15, -0.1) is 6.58 Å². The van der Waals surface area contributed by atoms with Crippen LogP contribution < -0.4 is 5.32 Å². The molecule has 0 aliphatic carbocycles. The topological polar surface area (TPSA) is 29.1 Å². The monoisotopic (exact) mass is 141 g/mol. The Hall–Kier alpha value is -0.790. The highest BCUT2D eigenvalue weighted by molar-refractivity contribution is 5.46. The van der Waals surface area contributed by atoms with Crippen LogP contribution in [-0.4, -0.2) is 12.5 Å². The van der Waals surface area contributed by atoms with E-state index in [-0.39, 0.29) is 6.04 Å². The van der Waals surface area contributed by atoms with Crippen LogP contribution in [0.2, 0.25) is 0 Å². The van der Waals surface area contributed by atoms with Gasteiger partial charge in [-0.25, -0.2) is 0 Å². The maximum absolute atomic E-state index is 10.0. The van der Waals surface area contributed by atoms with Gasteiger partial charge in [0.05, 0.1) is 0 Å². The van der Waals surface area contributed by atoms with Crippen molar-refractivity contribution >= 4 is 6.41 Å². The Balaban J connectivity index is 3.70. The van der Waals surface area contributed by atoms with Gasteiger partial charge >= 0.3 is 0 Å². The number of hydrogen-bond donors (Lipinski definition) is 1. The minimum absolute atomic E-state index is 0.245. The van der Waals surface area contributed by atoms with Crippen molar-refractivity contribution in [1.29, 1.82) is 0 Å². The van der Waals surface area contributed by atoms with Gasteiger partial charge in [0.2, 0.25) is 6.41 Å². The molecule has 0 aromatic heterocycles. The molecule has 0 rings (SSSR count). The van der Waals surface area contributed by atoms with Crippen LogP contribution in [0.1, 0.15) is 20.3 Å². The van der Waals surface area contributed by atoms with E-state index < -0.39 is 0 Å². The molecule has 2 nitrogen and oxygen atoms in total. The maximum atomic E-state index is 10.0. The van der Waals surface area contributed by atoms with Gasteiger partial charge in [-0.1, -0.05) is 19.9 Å². The average Bonchev–Trinajstić information content (AvgIpc) is 1.87. The van der Waals surface area contributed by atoms with Crippen molar-refractivity contribution in [2.75, 3.05) is 0 Å². The molecule has 0 bridgehead atoms. The summed E-state index contributed by atoms with van der Waals surface area (Å²) in [7, 11) is 0. The van der Waals surface area contributed by atoms with Gasteiger partial charge in [0.25, 0.3) is 0 Å². The second-order valence-corrected chi connectivity index (χ2v) is 2.66. The van der Waals surface area contributed by atoms with Crippen LogP contribution in [0.15, 0.2) is 12.7 Å². The molecule has 10 heavy (non-hydrogen) atoms. The largest absolute Gasteiger partial charge is 0.355 e. The smallest absolute Gasteiger partial charge is 0.207 e. The zero-order valence-corrected chi connectivity index (χ0v) is 6.63. The number of amides is 1. The van der Waals surface area contributed by atoms with Crippen molar-refractivity contribution < 1.29 is 4.79 Å². The number of carbonyl (C=O) groups excluding carboxylic acids is 1. The minimum Gasteiger partial charge on any atom is -0.355 e. The molecule has 0 radical (unpaired) electrons. The Morgan fingerprint density at radius 1 is 1.60 bits per heavy atom. The van der Waals surface area contributed by atoms with Crippen LogP contribution in [0.5, 0.6) is 0 Å². The van der Waals surface area contributed by atoms with Crippen molar-refractivity contribution in [1.82, 2.24) is 5.32 Å². The molecule has 2 heteroatoms. The van der Waals surface area contributed by atoms with Crippen molar-refractivity contribution in [2.45, 2.75) is 26.3 Å². The van der Waals surface area contributed by atoms with E-state index >= 15 is 0 Å². The fourth-order valence-corrected chi connectivity index (χ4v) is 0.800. The highest BCUT2D eigenvalue weighted by Gasteiger charge is 2.08. The lowest BCUT2D eigenvalue weighted by Crippen LogP contribution is -2.31. The van der Waals surface area contributed by atoms with Crippen LogP contribution in [-0.2, 0) is 4.79 Å². The van der Waals surface area contributed by atoms with Gasteiger partial charge in [0.1, 0.15) is 0 Å². The fraction of sp³-hybridized carbons (Fsp3) is 0.625. The zero-order valence-electron chi connectivity index (χ0n) is 6.63. The van der Waals surface area contributed by atoms with E-state index in [1.165, 1.54) is 0 Å². The molecule has 1 atom stereocenters. The van der Waals surface area contributed by atoms with Crippen LogP contribution >= 0.6 is 0 Å². The summed E-state index contributed by atoms with van der Waals surface area (Å²) in [6.45, 7) is 7.76. The lowest BCUT2D eigenvalue weighted by atomic mass is 10.0. The molecular formula is C8H15NO. The molecule has 0 saturated heterocycles. The summed E-state index contributed by atoms with van der Waals surface area (Å²) in [5.41, 5.74) is 0. The first-order chi connectivity index (χ1) is 4.72. The van der Waals surface area contributed by atoms with Crippen LogP contribution in [0, 0.1) is 5.92 Å². The number of nitrogens with one attached hydrogen (secondary N) is 1. The fourth-order valence-electron chi connectivity index (χ4n) is 0.800. The predicted octanol–water partition coefficient (Wildman–Crippen LogP) is 1.33. The molecular weight excluding hydrogens is 126 g/mol. The molecule has 58 valence electrons. The van der Waals surface area contributed by atoms with Gasteiger partial charge in [0, 0.05) is 6.04 Å². The van der Waals surface area contributed by atoms with E-state index in [0.717, 1.165) is 12.8 Å². The summed E-state index contributed by atoms with van der Waals surface area (Å²) >= 11 is 0. The molecule has 0 aliphatic heterocycles. The first-order valence-electron chi connectivity index (χ1n) is 3.53. The third kappa shape index (κ3) is 3.28. The second-order valence-electron chi connectivity index (χ2n) is 2.66. The standard InChI is InChI=1S/C8H15NO/c1-4-5-8(7(2)3)9-6-10/h4,6-8H,1,5H2,2-3H3,(H,9,10). The molecule has 1 unspecified atom stereocenters. The first-order valence-corrected chi connectivity index (χ1v) is 3.53. The Bertz CT molecular complexity index is 99.8. The number of hydrogen-bond acceptors (Lipinski definition) is 1. The lowest BCUT2D eigenvalue weighted by molar-refractivity contribution is -0.110. The Labute approximate surface area is 62.3 Å². The summed E-state index contributed by atoms with van der Waals surface area (Å²) in [6.07, 6.45) is 3.41. The summed E-state index contributed by atoms with van der Waals surface area (Å²) in [6, 6.07) is 0.245. The van der Waals surface area contributed by atoms with Gasteiger partial charge in [0.15, 0.2) is 0 Å². The van der Waals surface area contributed by atoms with Crippen molar-refractivity contribution in [3.63, 3.8) is 0 Å². The molecule has 0 fully saturated rings. The maximum Gasteiger partial charge on any atom is 0.207 e. The number of rotatable bonds is 5. The van der Waals surface area contributed by atoms with Crippen LogP contribution in [0.3, 0.4) is 0 Å². The first kappa shape index (κ1) is 9.21. The van der Waals surface area contributed by atoms with E-state index in [2.05, 4.69) is 25.7 Å². The second kappa shape index (κ2) is 5.03. The van der Waals surface area contributed by atoms with E-state index in [9.17, 15) is 4.79 Å². The highest BCUT2D eigenvalue weighted by atomic mass is 16.1. The molecule has 0 aromatic carbocycles. The molecule has 0 aliphatic rings. The van der Waals surface area contributed by atoms with Crippen molar-refractivity contribution in [3.05, 3.63) is 12.7 Å². The van der Waals surface area contributed by atoms with Gasteiger partial charge in [-0.05, 0) is 12.3 Å². The number of carbonyl (C=O) groups is 1. The minimum atomic E-state index is 0.245. The Morgan fingerprint density at radius 2 is 2.20 bits per heavy atom. The van der Waals surface area contributed by atoms with E-state index in [0.29, 0.717) is 5.92 Å². The van der Waals surface area contributed by atoms with Crippen molar-refractivity contribution in [3.8, 4) is 0 Å². The Morgan fingerprint density at radius 3 is 2.50 bits per heavy atom. The Kier molecular flexibility index (Phi) is 4.63. The zero-order chi connectivity index (χ0) is 7.98. The normalized spacial score (nSPS) is 12.7. The van der Waals surface area contributed by atoms with Crippen LogP contribution in [0.25, 0.3) is 0 Å². The highest BCUT2D eigenvalue weighted by Crippen LogP contribution is 2.04. The molecule has 0 saturated carbocycles. The van der Waals surface area contributed by atoms with Gasteiger partial charge in [-0.2, -0.15) is 0 Å². The summed E-state index contributed by atoms with van der Waals surface area (Å²) in [5.74, 6) is 0.475. The SMILES string of the molecule is C=CCC(NC=O)C(C)C. The van der Waals surface area contributed by atoms with E-state index in [4.69, 9.17) is 0 Å². The van der Waals surface area contributed by atoms with Gasteiger partial charge < -0.3 is 5.32 Å². The molecule has 1 N–H and O–H groups in total.